The lowest BCUT2D eigenvalue weighted by Gasteiger charge is -2.06. The molecule has 0 aliphatic rings. The van der Waals surface area contributed by atoms with Gasteiger partial charge >= 0.3 is 0 Å². The lowest BCUT2D eigenvalue weighted by Crippen LogP contribution is -2.07. The standard InChI is InChI=1S/C8H11N3O3/c9-7-5-6(11(13)14)1-2-8(7)10-3-4-12/h1-2,5,10,12H,3-4,9H2. The molecule has 0 unspecified atom stereocenters. The fourth-order valence-corrected chi connectivity index (χ4v) is 1.02. The van der Waals surface area contributed by atoms with Gasteiger partial charge in [-0.15, -0.1) is 0 Å². The number of nitrogens with one attached hydrogen (secondary N) is 1. The Labute approximate surface area is 80.5 Å². The van der Waals surface area contributed by atoms with Crippen molar-refractivity contribution in [1.82, 2.24) is 0 Å². The highest BCUT2D eigenvalue weighted by atomic mass is 16.6. The number of hydrogen-bond acceptors (Lipinski definition) is 5. The monoisotopic (exact) mass is 197 g/mol. The van der Waals surface area contributed by atoms with Gasteiger partial charge in [-0.2, -0.15) is 0 Å². The number of aliphatic hydroxyl groups is 1. The normalized spacial score (nSPS) is 9.79. The average molecular weight is 197 g/mol. The first-order chi connectivity index (χ1) is 6.65. The molecular weight excluding hydrogens is 186 g/mol. The molecule has 0 aromatic heterocycles. The zero-order chi connectivity index (χ0) is 10.6. The number of nitrogens with zero attached hydrogens (tertiary/aromatic N) is 1. The summed E-state index contributed by atoms with van der Waals surface area (Å²) < 4.78 is 0. The van der Waals surface area contributed by atoms with Crippen LogP contribution < -0.4 is 11.1 Å². The van der Waals surface area contributed by atoms with Crippen molar-refractivity contribution in [3.8, 4) is 0 Å². The number of nitro groups is 1. The molecule has 6 heteroatoms. The number of rotatable bonds is 4. The van der Waals surface area contributed by atoms with Crippen molar-refractivity contribution in [3.05, 3.63) is 28.3 Å². The summed E-state index contributed by atoms with van der Waals surface area (Å²) in [7, 11) is 0. The van der Waals surface area contributed by atoms with Gasteiger partial charge in [0, 0.05) is 18.7 Å². The quantitative estimate of drug-likeness (QED) is 0.372. The van der Waals surface area contributed by atoms with E-state index in [1.54, 1.807) is 0 Å². The smallest absolute Gasteiger partial charge is 0.271 e. The molecule has 1 rings (SSSR count). The molecule has 6 nitrogen and oxygen atoms in total. The maximum absolute atomic E-state index is 10.4. The van der Waals surface area contributed by atoms with Crippen molar-refractivity contribution >= 4 is 17.1 Å². The number of nitro benzene ring substituents is 1. The summed E-state index contributed by atoms with van der Waals surface area (Å²) in [6.07, 6.45) is 0. The summed E-state index contributed by atoms with van der Waals surface area (Å²) in [6.45, 7) is 0.346. The molecule has 0 aliphatic carbocycles. The third-order valence-electron chi connectivity index (χ3n) is 1.67. The molecule has 1 aromatic rings. The Morgan fingerprint density at radius 1 is 1.57 bits per heavy atom. The topological polar surface area (TPSA) is 101 Å². The van der Waals surface area contributed by atoms with Gasteiger partial charge in [-0.1, -0.05) is 0 Å². The van der Waals surface area contributed by atoms with Crippen molar-refractivity contribution in [3.63, 3.8) is 0 Å². The van der Waals surface area contributed by atoms with Crippen LogP contribution in [0.1, 0.15) is 0 Å². The number of hydrogen-bond donors (Lipinski definition) is 3. The van der Waals surface area contributed by atoms with Crippen molar-refractivity contribution in [2.75, 3.05) is 24.2 Å². The molecular formula is C8H11N3O3. The van der Waals surface area contributed by atoms with Crippen LogP contribution in [0, 0.1) is 10.1 Å². The van der Waals surface area contributed by atoms with E-state index in [1.807, 2.05) is 0 Å². The van der Waals surface area contributed by atoms with Crippen LogP contribution in [0.15, 0.2) is 18.2 Å². The second-order valence-electron chi connectivity index (χ2n) is 2.68. The lowest BCUT2D eigenvalue weighted by atomic mass is 10.2. The van der Waals surface area contributed by atoms with Crippen LogP contribution in [0.3, 0.4) is 0 Å². The van der Waals surface area contributed by atoms with E-state index in [0.29, 0.717) is 17.9 Å². The van der Waals surface area contributed by atoms with Gasteiger partial charge in [-0.3, -0.25) is 10.1 Å². The Morgan fingerprint density at radius 2 is 2.29 bits per heavy atom. The maximum Gasteiger partial charge on any atom is 0.271 e. The summed E-state index contributed by atoms with van der Waals surface area (Å²) in [5, 5.41) is 21.7. The van der Waals surface area contributed by atoms with Gasteiger partial charge in [0.1, 0.15) is 0 Å². The molecule has 0 spiro atoms. The van der Waals surface area contributed by atoms with Crippen LogP contribution in [0.25, 0.3) is 0 Å². The Hall–Kier alpha value is -1.82. The van der Waals surface area contributed by atoms with E-state index >= 15 is 0 Å². The molecule has 0 atom stereocenters. The first-order valence-electron chi connectivity index (χ1n) is 4.04. The largest absolute Gasteiger partial charge is 0.397 e. The molecule has 14 heavy (non-hydrogen) atoms. The SMILES string of the molecule is Nc1cc([N+](=O)[O-])ccc1NCCO. The molecule has 0 saturated heterocycles. The molecule has 0 fully saturated rings. The number of non-ortho nitro benzene ring substituents is 1. The van der Waals surface area contributed by atoms with E-state index < -0.39 is 4.92 Å². The van der Waals surface area contributed by atoms with E-state index in [1.165, 1.54) is 18.2 Å². The van der Waals surface area contributed by atoms with Gasteiger partial charge < -0.3 is 16.2 Å². The Bertz CT molecular complexity index is 341. The van der Waals surface area contributed by atoms with Crippen LogP contribution in [0.4, 0.5) is 17.1 Å². The van der Waals surface area contributed by atoms with Gasteiger partial charge in [0.05, 0.1) is 22.9 Å². The first-order valence-corrected chi connectivity index (χ1v) is 4.04. The first kappa shape index (κ1) is 10.3. The van der Waals surface area contributed by atoms with E-state index in [4.69, 9.17) is 10.8 Å². The van der Waals surface area contributed by atoms with Gasteiger partial charge in [0.2, 0.25) is 0 Å². The van der Waals surface area contributed by atoms with Crippen molar-refractivity contribution in [2.24, 2.45) is 0 Å². The predicted molar refractivity (Wildman–Crippen MR) is 53.1 cm³/mol. The van der Waals surface area contributed by atoms with Crippen LogP contribution in [0.5, 0.6) is 0 Å². The zero-order valence-corrected chi connectivity index (χ0v) is 7.43. The summed E-state index contributed by atoms with van der Waals surface area (Å²) >= 11 is 0. The number of nitrogens with two attached hydrogens (primary N) is 1. The number of aliphatic hydroxyl groups excluding tert-OH is 1. The number of nitrogen functional groups attached to an aromatic ring is 1. The van der Waals surface area contributed by atoms with Crippen LogP contribution in [0.2, 0.25) is 0 Å². The minimum absolute atomic E-state index is 0.0174. The third-order valence-corrected chi connectivity index (χ3v) is 1.67. The Kier molecular flexibility index (Phi) is 3.24. The number of anilines is 2. The minimum Gasteiger partial charge on any atom is -0.397 e. The maximum atomic E-state index is 10.4. The minimum atomic E-state index is -0.508. The fraction of sp³-hybridized carbons (Fsp3) is 0.250. The molecule has 4 N–H and O–H groups in total. The van der Waals surface area contributed by atoms with Crippen molar-refractivity contribution in [1.29, 1.82) is 0 Å². The van der Waals surface area contributed by atoms with Crippen LogP contribution >= 0.6 is 0 Å². The summed E-state index contributed by atoms with van der Waals surface area (Å²) in [4.78, 5) is 9.86. The zero-order valence-electron chi connectivity index (χ0n) is 7.43. The molecule has 0 amide bonds. The van der Waals surface area contributed by atoms with E-state index in [0.717, 1.165) is 0 Å². The van der Waals surface area contributed by atoms with Gasteiger partial charge in [-0.25, -0.2) is 0 Å². The van der Waals surface area contributed by atoms with Crippen LogP contribution in [-0.2, 0) is 0 Å². The Morgan fingerprint density at radius 3 is 2.79 bits per heavy atom. The highest BCUT2D eigenvalue weighted by Gasteiger charge is 2.07. The molecule has 1 aromatic carbocycles. The third kappa shape index (κ3) is 2.33. The second-order valence-corrected chi connectivity index (χ2v) is 2.68. The van der Waals surface area contributed by atoms with Gasteiger partial charge in [-0.05, 0) is 6.07 Å². The van der Waals surface area contributed by atoms with Crippen LogP contribution in [-0.4, -0.2) is 23.2 Å². The predicted octanol–water partition coefficient (Wildman–Crippen LogP) is 0.581. The van der Waals surface area contributed by atoms with E-state index in [-0.39, 0.29) is 12.3 Å². The molecule has 0 bridgehead atoms. The highest BCUT2D eigenvalue weighted by molar-refractivity contribution is 5.69. The van der Waals surface area contributed by atoms with Gasteiger partial charge in [0.25, 0.3) is 5.69 Å². The average Bonchev–Trinajstić information content (AvgIpc) is 2.15. The molecule has 0 saturated carbocycles. The molecule has 0 aliphatic heterocycles. The summed E-state index contributed by atoms with van der Waals surface area (Å²) in [6, 6.07) is 4.15. The van der Waals surface area contributed by atoms with Crippen molar-refractivity contribution < 1.29 is 10.0 Å². The van der Waals surface area contributed by atoms with Crippen molar-refractivity contribution in [2.45, 2.75) is 0 Å². The second kappa shape index (κ2) is 4.43. The molecule has 76 valence electrons. The molecule has 0 heterocycles. The van der Waals surface area contributed by atoms with E-state index in [2.05, 4.69) is 5.32 Å². The van der Waals surface area contributed by atoms with Gasteiger partial charge in [0.15, 0.2) is 0 Å². The van der Waals surface area contributed by atoms with E-state index in [9.17, 15) is 10.1 Å². The Balaban J connectivity index is 2.84. The number of benzene rings is 1. The summed E-state index contributed by atoms with van der Waals surface area (Å²) in [5.41, 5.74) is 6.39. The lowest BCUT2D eigenvalue weighted by molar-refractivity contribution is -0.384. The highest BCUT2D eigenvalue weighted by Crippen LogP contribution is 2.23. The fourth-order valence-electron chi connectivity index (χ4n) is 1.02. The molecule has 0 radical (unpaired) electrons. The summed E-state index contributed by atoms with van der Waals surface area (Å²) in [5.74, 6) is 0.